The quantitative estimate of drug-likeness (QED) is 0.345. The number of amides is 1. The van der Waals surface area contributed by atoms with Gasteiger partial charge in [-0.3, -0.25) is 9.36 Å². The average Bonchev–Trinajstić information content (AvgIpc) is 3.19. The van der Waals surface area contributed by atoms with E-state index in [4.69, 9.17) is 14.2 Å². The molecule has 0 aliphatic carbocycles. The Bertz CT molecular complexity index is 1070. The van der Waals surface area contributed by atoms with Crippen LogP contribution in [0.15, 0.2) is 60.3 Å². The summed E-state index contributed by atoms with van der Waals surface area (Å²) >= 11 is 1.30. The molecule has 8 nitrogen and oxygen atoms in total. The van der Waals surface area contributed by atoms with Crippen LogP contribution in [0.1, 0.15) is 11.4 Å². The first-order valence-corrected chi connectivity index (χ1v) is 10.9. The van der Waals surface area contributed by atoms with Crippen LogP contribution in [0.25, 0.3) is 0 Å². The summed E-state index contributed by atoms with van der Waals surface area (Å²) < 4.78 is 18.3. The van der Waals surface area contributed by atoms with E-state index < -0.39 is 0 Å². The molecule has 0 spiro atoms. The van der Waals surface area contributed by atoms with Crippen molar-refractivity contribution in [3.63, 3.8) is 0 Å². The molecule has 1 N–H and O–H groups in total. The summed E-state index contributed by atoms with van der Waals surface area (Å²) in [7, 11) is 3.20. The van der Waals surface area contributed by atoms with Crippen molar-refractivity contribution in [1.82, 2.24) is 14.8 Å². The molecule has 0 unspecified atom stereocenters. The zero-order chi connectivity index (χ0) is 22.9. The van der Waals surface area contributed by atoms with Gasteiger partial charge in [-0.1, -0.05) is 23.9 Å². The van der Waals surface area contributed by atoms with E-state index in [0.717, 1.165) is 11.3 Å². The van der Waals surface area contributed by atoms with Gasteiger partial charge in [0.05, 0.1) is 20.0 Å². The number of nitrogens with one attached hydrogen (secondary N) is 1. The lowest BCUT2D eigenvalue weighted by Crippen LogP contribution is -2.15. The number of allylic oxidation sites excluding steroid dienone is 1. The van der Waals surface area contributed by atoms with Crippen molar-refractivity contribution >= 4 is 23.4 Å². The minimum Gasteiger partial charge on any atom is -0.497 e. The van der Waals surface area contributed by atoms with Crippen LogP contribution in [-0.2, 0) is 17.9 Å². The number of hydrogen-bond acceptors (Lipinski definition) is 7. The predicted molar refractivity (Wildman–Crippen MR) is 125 cm³/mol. The lowest BCUT2D eigenvalue weighted by Gasteiger charge is -2.12. The van der Waals surface area contributed by atoms with Crippen LogP contribution >= 0.6 is 11.8 Å². The molecule has 0 aliphatic heterocycles. The topological polar surface area (TPSA) is 87.5 Å². The van der Waals surface area contributed by atoms with Crippen molar-refractivity contribution in [2.45, 2.75) is 25.2 Å². The van der Waals surface area contributed by atoms with Crippen LogP contribution in [0.4, 0.5) is 5.69 Å². The molecular weight excluding hydrogens is 428 g/mol. The molecule has 3 rings (SSSR count). The van der Waals surface area contributed by atoms with Crippen molar-refractivity contribution in [3.8, 4) is 17.2 Å². The fraction of sp³-hybridized carbons (Fsp3) is 0.261. The average molecular weight is 455 g/mol. The molecule has 32 heavy (non-hydrogen) atoms. The monoisotopic (exact) mass is 454 g/mol. The summed E-state index contributed by atoms with van der Waals surface area (Å²) in [6, 6.07) is 12.9. The van der Waals surface area contributed by atoms with Gasteiger partial charge in [-0.05, 0) is 48.9 Å². The van der Waals surface area contributed by atoms with E-state index in [-0.39, 0.29) is 18.3 Å². The van der Waals surface area contributed by atoms with Crippen LogP contribution in [0, 0.1) is 6.92 Å². The molecule has 2 aromatic carbocycles. The Morgan fingerprint density at radius 1 is 1.12 bits per heavy atom. The van der Waals surface area contributed by atoms with Gasteiger partial charge in [0.25, 0.3) is 0 Å². The van der Waals surface area contributed by atoms with Crippen LogP contribution in [0.5, 0.6) is 17.2 Å². The number of carbonyl (C=O) groups excluding carboxylic acids is 1. The van der Waals surface area contributed by atoms with Crippen molar-refractivity contribution in [3.05, 3.63) is 66.5 Å². The van der Waals surface area contributed by atoms with E-state index in [1.54, 1.807) is 44.6 Å². The third-order valence-electron chi connectivity index (χ3n) is 4.49. The Kier molecular flexibility index (Phi) is 8.15. The minimum absolute atomic E-state index is 0.143. The van der Waals surface area contributed by atoms with Crippen LogP contribution in [-0.4, -0.2) is 40.6 Å². The number of ether oxygens (including phenoxy) is 3. The van der Waals surface area contributed by atoms with Crippen molar-refractivity contribution in [2.75, 3.05) is 25.3 Å². The standard InChI is InChI=1S/C23H26N4O4S/c1-5-12-27-21(14-31-19-11-6-16(2)13-20(19)30-4)25-26-23(27)32-15-22(28)24-17-7-9-18(29-3)10-8-17/h5-11,13H,1,12,14-15H2,2-4H3,(H,24,28). The molecule has 0 fully saturated rings. The largest absolute Gasteiger partial charge is 0.497 e. The Morgan fingerprint density at radius 3 is 2.59 bits per heavy atom. The molecular formula is C23H26N4O4S. The SMILES string of the molecule is C=CCn1c(COc2ccc(C)cc2OC)nnc1SCC(=O)Nc1ccc(OC)cc1. The van der Waals surface area contributed by atoms with E-state index in [2.05, 4.69) is 22.1 Å². The van der Waals surface area contributed by atoms with Gasteiger partial charge in [-0.25, -0.2) is 0 Å². The smallest absolute Gasteiger partial charge is 0.234 e. The maximum Gasteiger partial charge on any atom is 0.234 e. The summed E-state index contributed by atoms with van der Waals surface area (Å²) in [4.78, 5) is 12.3. The summed E-state index contributed by atoms with van der Waals surface area (Å²) in [6.45, 7) is 6.50. The fourth-order valence-electron chi connectivity index (χ4n) is 2.88. The Hall–Kier alpha value is -3.46. The summed E-state index contributed by atoms with van der Waals surface area (Å²) in [6.07, 6.45) is 1.75. The van der Waals surface area contributed by atoms with Crippen molar-refractivity contribution < 1.29 is 19.0 Å². The third kappa shape index (κ3) is 6.04. The number of anilines is 1. The summed E-state index contributed by atoms with van der Waals surface area (Å²) in [5, 5.41) is 11.9. The number of aryl methyl sites for hydroxylation is 1. The molecule has 168 valence electrons. The molecule has 0 radical (unpaired) electrons. The maximum atomic E-state index is 12.3. The number of nitrogens with zero attached hydrogens (tertiary/aromatic N) is 3. The third-order valence-corrected chi connectivity index (χ3v) is 5.45. The number of rotatable bonds is 11. The Labute approximate surface area is 191 Å². The second kappa shape index (κ2) is 11.2. The molecule has 0 saturated carbocycles. The van der Waals surface area contributed by atoms with Gasteiger partial charge in [0.1, 0.15) is 12.4 Å². The molecule has 0 atom stereocenters. The lowest BCUT2D eigenvalue weighted by atomic mass is 10.2. The summed E-state index contributed by atoms with van der Waals surface area (Å²) in [5.41, 5.74) is 1.78. The molecule has 0 aliphatic rings. The van der Waals surface area contributed by atoms with Crippen molar-refractivity contribution in [1.29, 1.82) is 0 Å². The van der Waals surface area contributed by atoms with Crippen LogP contribution < -0.4 is 19.5 Å². The second-order valence-electron chi connectivity index (χ2n) is 6.81. The molecule has 1 aromatic heterocycles. The number of benzene rings is 2. The highest BCUT2D eigenvalue weighted by molar-refractivity contribution is 7.99. The number of methoxy groups -OCH3 is 2. The zero-order valence-electron chi connectivity index (χ0n) is 18.3. The van der Waals surface area contributed by atoms with E-state index in [0.29, 0.717) is 34.7 Å². The lowest BCUT2D eigenvalue weighted by molar-refractivity contribution is -0.113. The number of hydrogen-bond donors (Lipinski definition) is 1. The van der Waals surface area contributed by atoms with Crippen molar-refractivity contribution in [2.24, 2.45) is 0 Å². The maximum absolute atomic E-state index is 12.3. The van der Waals surface area contributed by atoms with E-state index >= 15 is 0 Å². The predicted octanol–water partition coefficient (Wildman–Crippen LogP) is 4.10. The number of carbonyl (C=O) groups is 1. The van der Waals surface area contributed by atoms with Gasteiger partial charge in [0.2, 0.25) is 5.91 Å². The molecule has 0 saturated heterocycles. The highest BCUT2D eigenvalue weighted by atomic mass is 32.2. The molecule has 1 heterocycles. The Balaban J connectivity index is 1.62. The van der Waals surface area contributed by atoms with Gasteiger partial charge < -0.3 is 19.5 Å². The second-order valence-corrected chi connectivity index (χ2v) is 7.75. The van der Waals surface area contributed by atoms with Crippen LogP contribution in [0.3, 0.4) is 0 Å². The van der Waals surface area contributed by atoms with Gasteiger partial charge >= 0.3 is 0 Å². The first-order chi connectivity index (χ1) is 15.5. The highest BCUT2D eigenvalue weighted by Crippen LogP contribution is 2.29. The first-order valence-electron chi connectivity index (χ1n) is 9.91. The normalized spacial score (nSPS) is 10.5. The molecule has 3 aromatic rings. The van der Waals surface area contributed by atoms with E-state index in [1.807, 2.05) is 29.7 Å². The number of thioether (sulfide) groups is 1. The van der Waals surface area contributed by atoms with Gasteiger partial charge in [-0.2, -0.15) is 0 Å². The van der Waals surface area contributed by atoms with E-state index in [1.165, 1.54) is 11.8 Å². The number of aromatic nitrogens is 3. The molecule has 1 amide bonds. The molecule has 9 heteroatoms. The van der Waals surface area contributed by atoms with E-state index in [9.17, 15) is 4.79 Å². The Morgan fingerprint density at radius 2 is 1.91 bits per heavy atom. The van der Waals surface area contributed by atoms with Gasteiger partial charge in [0, 0.05) is 12.2 Å². The minimum atomic E-state index is -0.143. The van der Waals surface area contributed by atoms with Gasteiger partial charge in [-0.15, -0.1) is 16.8 Å². The first kappa shape index (κ1) is 23.2. The molecule has 0 bridgehead atoms. The van der Waals surface area contributed by atoms with Crippen LogP contribution in [0.2, 0.25) is 0 Å². The zero-order valence-corrected chi connectivity index (χ0v) is 19.1. The fourth-order valence-corrected chi connectivity index (χ4v) is 3.65. The highest BCUT2D eigenvalue weighted by Gasteiger charge is 2.15. The van der Waals surface area contributed by atoms with Gasteiger partial charge in [0.15, 0.2) is 22.5 Å². The summed E-state index contributed by atoms with van der Waals surface area (Å²) in [5.74, 6) is 2.69.